The van der Waals surface area contributed by atoms with Crippen LogP contribution in [0.3, 0.4) is 0 Å². The summed E-state index contributed by atoms with van der Waals surface area (Å²) in [5, 5.41) is 9.47. The third-order valence-electron chi connectivity index (χ3n) is 4.41. The second-order valence-electron chi connectivity index (χ2n) is 6.17. The van der Waals surface area contributed by atoms with E-state index in [1.165, 1.54) is 16.0 Å². The number of hydrogen-bond acceptors (Lipinski definition) is 2. The highest BCUT2D eigenvalue weighted by Crippen LogP contribution is 2.30. The average molecular weight is 354 g/mol. The van der Waals surface area contributed by atoms with Gasteiger partial charge in [-0.25, -0.2) is 0 Å². The molecule has 1 aromatic heterocycles. The quantitative estimate of drug-likeness (QED) is 0.560. The number of aromatic amines is 1. The van der Waals surface area contributed by atoms with E-state index in [-0.39, 0.29) is 0 Å². The Morgan fingerprint density at radius 1 is 0.962 bits per heavy atom. The van der Waals surface area contributed by atoms with Crippen molar-refractivity contribution in [3.05, 3.63) is 89.1 Å². The summed E-state index contributed by atoms with van der Waals surface area (Å²) in [5.74, 6) is 0.744. The minimum atomic E-state index is 0.717. The first kappa shape index (κ1) is 16.5. The maximum absolute atomic E-state index is 9.47. The number of nitrogens with one attached hydrogen (secondary N) is 1. The van der Waals surface area contributed by atoms with Crippen molar-refractivity contribution in [1.29, 1.82) is 5.26 Å². The zero-order valence-electron chi connectivity index (χ0n) is 14.3. The van der Waals surface area contributed by atoms with Gasteiger partial charge in [-0.05, 0) is 41.3 Å². The maximum Gasteiger partial charge on any atom is 0.101 e. The van der Waals surface area contributed by atoms with Crippen molar-refractivity contribution < 1.29 is 0 Å². The molecule has 0 bridgehead atoms. The van der Waals surface area contributed by atoms with Crippen molar-refractivity contribution in [2.24, 2.45) is 0 Å². The smallest absolute Gasteiger partial charge is 0.101 e. The SMILES string of the molecule is N#Cc1cc(-c2ccccc2)[nH]c1CSc1ccc2c(c1)C=CCC=C2. The zero-order valence-corrected chi connectivity index (χ0v) is 15.1. The van der Waals surface area contributed by atoms with Crippen LogP contribution in [-0.2, 0) is 5.75 Å². The van der Waals surface area contributed by atoms with Gasteiger partial charge in [0.2, 0.25) is 0 Å². The van der Waals surface area contributed by atoms with Crippen LogP contribution in [0.25, 0.3) is 23.4 Å². The molecule has 0 aliphatic heterocycles. The third-order valence-corrected chi connectivity index (χ3v) is 5.43. The van der Waals surface area contributed by atoms with Gasteiger partial charge in [-0.3, -0.25) is 0 Å². The second kappa shape index (κ2) is 7.51. The van der Waals surface area contributed by atoms with Crippen LogP contribution in [-0.4, -0.2) is 4.98 Å². The number of hydrogen-bond donors (Lipinski definition) is 1. The normalized spacial score (nSPS) is 12.4. The summed E-state index contributed by atoms with van der Waals surface area (Å²) in [7, 11) is 0. The van der Waals surface area contributed by atoms with E-state index in [0.29, 0.717) is 5.56 Å². The molecule has 2 nitrogen and oxygen atoms in total. The molecule has 1 N–H and O–H groups in total. The molecular weight excluding hydrogens is 336 g/mol. The summed E-state index contributed by atoms with van der Waals surface area (Å²) in [5.41, 5.74) is 6.29. The molecule has 26 heavy (non-hydrogen) atoms. The summed E-state index contributed by atoms with van der Waals surface area (Å²) in [6.45, 7) is 0. The number of fused-ring (bicyclic) bond motifs is 1. The van der Waals surface area contributed by atoms with Gasteiger partial charge in [0, 0.05) is 22.0 Å². The topological polar surface area (TPSA) is 39.6 Å². The van der Waals surface area contributed by atoms with Crippen LogP contribution < -0.4 is 0 Å². The number of H-pyrrole nitrogens is 1. The van der Waals surface area contributed by atoms with Gasteiger partial charge < -0.3 is 4.98 Å². The van der Waals surface area contributed by atoms with Crippen LogP contribution in [0.4, 0.5) is 0 Å². The van der Waals surface area contributed by atoms with E-state index in [9.17, 15) is 5.26 Å². The Bertz CT molecular complexity index is 1020. The highest BCUT2D eigenvalue weighted by atomic mass is 32.2. The highest BCUT2D eigenvalue weighted by molar-refractivity contribution is 7.98. The van der Waals surface area contributed by atoms with Gasteiger partial charge in [0.25, 0.3) is 0 Å². The van der Waals surface area contributed by atoms with Gasteiger partial charge in [-0.15, -0.1) is 11.8 Å². The van der Waals surface area contributed by atoms with Gasteiger partial charge >= 0.3 is 0 Å². The first-order chi connectivity index (χ1) is 12.8. The Morgan fingerprint density at radius 2 is 1.77 bits per heavy atom. The van der Waals surface area contributed by atoms with Gasteiger partial charge in [0.15, 0.2) is 0 Å². The number of allylic oxidation sites excluding steroid dienone is 2. The molecule has 0 saturated heterocycles. The van der Waals surface area contributed by atoms with Crippen LogP contribution in [0.15, 0.2) is 71.6 Å². The molecule has 0 radical (unpaired) electrons. The number of aromatic nitrogens is 1. The second-order valence-corrected chi connectivity index (χ2v) is 7.22. The third kappa shape index (κ3) is 3.51. The summed E-state index contributed by atoms with van der Waals surface area (Å²) in [4.78, 5) is 4.63. The summed E-state index contributed by atoms with van der Waals surface area (Å²) in [6, 6.07) is 20.9. The van der Waals surface area contributed by atoms with E-state index in [0.717, 1.165) is 29.1 Å². The monoisotopic (exact) mass is 354 g/mol. The molecule has 3 aromatic rings. The number of nitrogens with zero attached hydrogens (tertiary/aromatic N) is 1. The van der Waals surface area contributed by atoms with Crippen LogP contribution >= 0.6 is 11.8 Å². The van der Waals surface area contributed by atoms with Gasteiger partial charge in [0.05, 0.1) is 5.56 Å². The first-order valence-corrected chi connectivity index (χ1v) is 9.59. The molecule has 3 heteroatoms. The maximum atomic E-state index is 9.47. The highest BCUT2D eigenvalue weighted by Gasteiger charge is 2.10. The minimum Gasteiger partial charge on any atom is -0.357 e. The van der Waals surface area contributed by atoms with E-state index >= 15 is 0 Å². The van der Waals surface area contributed by atoms with Crippen molar-refractivity contribution in [1.82, 2.24) is 4.98 Å². The summed E-state index contributed by atoms with van der Waals surface area (Å²) < 4.78 is 0. The first-order valence-electron chi connectivity index (χ1n) is 8.61. The minimum absolute atomic E-state index is 0.717. The molecule has 1 heterocycles. The largest absolute Gasteiger partial charge is 0.357 e. The number of nitriles is 1. The zero-order chi connectivity index (χ0) is 17.8. The number of benzene rings is 2. The molecule has 126 valence electrons. The Hall–Kier alpha value is -2.96. The van der Waals surface area contributed by atoms with Crippen molar-refractivity contribution in [3.8, 4) is 17.3 Å². The van der Waals surface area contributed by atoms with Crippen LogP contribution in [0, 0.1) is 11.3 Å². The molecule has 0 atom stereocenters. The summed E-state index contributed by atoms with van der Waals surface area (Å²) >= 11 is 1.75. The number of rotatable bonds is 4. The molecule has 0 amide bonds. The lowest BCUT2D eigenvalue weighted by molar-refractivity contribution is 1.22. The standard InChI is InChI=1S/C23H18N2S/c24-15-20-14-22(18-8-4-2-5-9-18)25-23(20)16-26-21-12-11-17-7-3-1-6-10-19(17)13-21/h2-14,25H,1,16H2. The van der Waals surface area contributed by atoms with E-state index in [2.05, 4.69) is 65.7 Å². The van der Waals surface area contributed by atoms with Crippen LogP contribution in [0.2, 0.25) is 0 Å². The Morgan fingerprint density at radius 3 is 2.58 bits per heavy atom. The molecule has 0 spiro atoms. The van der Waals surface area contributed by atoms with Crippen molar-refractivity contribution in [3.63, 3.8) is 0 Å². The fourth-order valence-electron chi connectivity index (χ4n) is 3.05. The van der Waals surface area contributed by atoms with E-state index in [1.807, 2.05) is 24.3 Å². The predicted molar refractivity (Wildman–Crippen MR) is 110 cm³/mol. The lowest BCUT2D eigenvalue weighted by Gasteiger charge is -2.06. The average Bonchev–Trinajstić information content (AvgIpc) is 2.96. The van der Waals surface area contributed by atoms with Gasteiger partial charge in [0.1, 0.15) is 6.07 Å². The molecule has 0 saturated carbocycles. The Labute approximate surface area is 157 Å². The molecule has 0 unspecified atom stereocenters. The molecular formula is C23H18N2S. The van der Waals surface area contributed by atoms with Crippen molar-refractivity contribution >= 4 is 23.9 Å². The Kier molecular flexibility index (Phi) is 4.77. The van der Waals surface area contributed by atoms with Crippen LogP contribution in [0.5, 0.6) is 0 Å². The fraction of sp³-hybridized carbons (Fsp3) is 0.0870. The van der Waals surface area contributed by atoms with Gasteiger partial charge in [-0.2, -0.15) is 5.26 Å². The van der Waals surface area contributed by atoms with Gasteiger partial charge in [-0.1, -0.05) is 60.7 Å². The lowest BCUT2D eigenvalue weighted by atomic mass is 10.1. The van der Waals surface area contributed by atoms with E-state index in [4.69, 9.17) is 0 Å². The van der Waals surface area contributed by atoms with Crippen molar-refractivity contribution in [2.75, 3.05) is 0 Å². The van der Waals surface area contributed by atoms with Crippen LogP contribution in [0.1, 0.15) is 28.8 Å². The van der Waals surface area contributed by atoms with E-state index in [1.54, 1.807) is 11.8 Å². The molecule has 1 aliphatic rings. The summed E-state index contributed by atoms with van der Waals surface area (Å²) in [6.07, 6.45) is 9.70. The predicted octanol–water partition coefficient (Wildman–Crippen LogP) is 6.28. The molecule has 1 aliphatic carbocycles. The molecule has 0 fully saturated rings. The van der Waals surface area contributed by atoms with E-state index < -0.39 is 0 Å². The molecule has 2 aromatic carbocycles. The van der Waals surface area contributed by atoms with Crippen molar-refractivity contribution in [2.45, 2.75) is 17.1 Å². The lowest BCUT2D eigenvalue weighted by Crippen LogP contribution is -1.87. The fourth-order valence-corrected chi connectivity index (χ4v) is 3.96. The Balaban J connectivity index is 1.55. The number of thioether (sulfide) groups is 1. The molecule has 4 rings (SSSR count).